The average Bonchev–Trinajstić information content (AvgIpc) is 2.29. The van der Waals surface area contributed by atoms with Gasteiger partial charge < -0.3 is 10.2 Å². The normalized spacial score (nSPS) is 11.1. The van der Waals surface area contributed by atoms with E-state index >= 15 is 0 Å². The molecule has 0 saturated heterocycles. The number of hydrogen-bond acceptors (Lipinski definition) is 4. The van der Waals surface area contributed by atoms with E-state index in [2.05, 4.69) is 0 Å². The summed E-state index contributed by atoms with van der Waals surface area (Å²) in [5, 5.41) is 18.9. The zero-order valence-corrected chi connectivity index (χ0v) is 11.3. The minimum absolute atomic E-state index is 0.0185. The van der Waals surface area contributed by atoms with E-state index in [1.807, 2.05) is 0 Å². The minimum atomic E-state index is -4.57. The number of alkyl halides is 3. The average molecular weight is 302 g/mol. The maximum Gasteiger partial charge on any atom is 0.393 e. The number of ketones is 2. The summed E-state index contributed by atoms with van der Waals surface area (Å²) in [7, 11) is 0. The Morgan fingerprint density at radius 1 is 1.14 bits per heavy atom. The Balaban J connectivity index is 3.36. The van der Waals surface area contributed by atoms with Crippen molar-refractivity contribution < 1.29 is 33.0 Å². The Morgan fingerprint density at radius 2 is 1.67 bits per heavy atom. The van der Waals surface area contributed by atoms with E-state index in [9.17, 15) is 33.0 Å². The number of phenolic OH excluding ortho intramolecular Hbond substituents is 2. The van der Waals surface area contributed by atoms with E-state index in [-0.39, 0.29) is 11.1 Å². The zero-order chi connectivity index (χ0) is 16.4. The van der Waals surface area contributed by atoms with Crippen LogP contribution in [-0.4, -0.2) is 28.0 Å². The second-order valence-corrected chi connectivity index (χ2v) is 4.51. The monoisotopic (exact) mass is 302 g/mol. The molecule has 21 heavy (non-hydrogen) atoms. The van der Waals surface area contributed by atoms with Gasteiger partial charge >= 0.3 is 6.18 Å². The highest BCUT2D eigenvalue weighted by Gasteiger charge is 2.30. The van der Waals surface area contributed by atoms with Gasteiger partial charge in [0.2, 0.25) is 0 Å². The third-order valence-corrected chi connectivity index (χ3v) is 2.65. The number of hydrogen-bond donors (Lipinski definition) is 2. The van der Waals surface area contributed by atoms with Crippen LogP contribution in [0.25, 0.3) is 6.08 Å². The van der Waals surface area contributed by atoms with Crippen LogP contribution in [-0.2, 0) is 16.0 Å². The molecule has 1 aromatic carbocycles. The summed E-state index contributed by atoms with van der Waals surface area (Å²) in [5.41, 5.74) is -0.733. The van der Waals surface area contributed by atoms with Gasteiger partial charge in [0.15, 0.2) is 23.1 Å². The first-order valence-corrected chi connectivity index (χ1v) is 5.86. The van der Waals surface area contributed by atoms with Crippen LogP contribution >= 0.6 is 0 Å². The highest BCUT2D eigenvalue weighted by Crippen LogP contribution is 2.35. The Morgan fingerprint density at radius 3 is 2.10 bits per heavy atom. The van der Waals surface area contributed by atoms with Crippen molar-refractivity contribution in [2.24, 2.45) is 0 Å². The van der Waals surface area contributed by atoms with Gasteiger partial charge in [-0.1, -0.05) is 0 Å². The molecule has 1 rings (SSSR count). The predicted molar refractivity (Wildman–Crippen MR) is 68.9 cm³/mol. The van der Waals surface area contributed by atoms with E-state index in [4.69, 9.17) is 0 Å². The third-order valence-electron chi connectivity index (χ3n) is 2.65. The van der Waals surface area contributed by atoms with Crippen molar-refractivity contribution >= 4 is 17.6 Å². The third kappa shape index (κ3) is 4.62. The fraction of sp³-hybridized carbons (Fsp3) is 0.286. The Hall–Kier alpha value is -2.31. The standard InChI is InChI=1S/C14H13F3O4/c1-7(18)11(8(2)19)4-9-3-10(6-14(15,16)17)13(21)12(20)5-9/h3-5,20-21H,6H2,1-2H3. The number of carbonyl (C=O) groups excluding carboxylic acids is 2. The van der Waals surface area contributed by atoms with Gasteiger partial charge in [0.05, 0.1) is 12.0 Å². The number of phenols is 2. The van der Waals surface area contributed by atoms with Crippen molar-refractivity contribution in [1.29, 1.82) is 0 Å². The first kappa shape index (κ1) is 16.7. The first-order chi connectivity index (χ1) is 9.51. The van der Waals surface area contributed by atoms with Crippen molar-refractivity contribution in [3.05, 3.63) is 28.8 Å². The molecule has 0 spiro atoms. The van der Waals surface area contributed by atoms with Crippen LogP contribution in [0.5, 0.6) is 11.5 Å². The quantitative estimate of drug-likeness (QED) is 0.388. The topological polar surface area (TPSA) is 74.6 Å². The predicted octanol–water partition coefficient (Wildman–Crippen LogP) is 2.76. The van der Waals surface area contributed by atoms with Crippen LogP contribution < -0.4 is 0 Å². The molecule has 0 radical (unpaired) electrons. The summed E-state index contributed by atoms with van der Waals surface area (Å²) in [5.74, 6) is -2.73. The van der Waals surface area contributed by atoms with Gasteiger partial charge in [0.25, 0.3) is 0 Å². The largest absolute Gasteiger partial charge is 0.504 e. The molecule has 1 aromatic rings. The number of benzene rings is 1. The highest BCUT2D eigenvalue weighted by atomic mass is 19.4. The molecule has 2 N–H and O–H groups in total. The molecule has 0 amide bonds. The lowest BCUT2D eigenvalue weighted by atomic mass is 10.0. The molecule has 0 aliphatic carbocycles. The Labute approximate surface area is 118 Å². The summed E-state index contributed by atoms with van der Waals surface area (Å²) in [6.07, 6.45) is -4.94. The van der Waals surface area contributed by atoms with Crippen LogP contribution in [0.15, 0.2) is 17.7 Å². The number of allylic oxidation sites excluding steroid dienone is 1. The van der Waals surface area contributed by atoms with E-state index in [0.29, 0.717) is 0 Å². The molecule has 0 bridgehead atoms. The van der Waals surface area contributed by atoms with Crippen LogP contribution in [0.4, 0.5) is 13.2 Å². The molecule has 0 atom stereocenters. The molecule has 0 aliphatic rings. The maximum absolute atomic E-state index is 12.4. The number of aromatic hydroxyl groups is 2. The molecule has 0 aromatic heterocycles. The lowest BCUT2D eigenvalue weighted by Gasteiger charge is -2.11. The SMILES string of the molecule is CC(=O)C(=Cc1cc(O)c(O)c(CC(F)(F)F)c1)C(C)=O. The Bertz CT molecular complexity index is 599. The van der Waals surface area contributed by atoms with Gasteiger partial charge in [-0.15, -0.1) is 0 Å². The van der Waals surface area contributed by atoms with Gasteiger partial charge in [-0.05, 0) is 37.6 Å². The molecule has 0 unspecified atom stereocenters. The van der Waals surface area contributed by atoms with E-state index < -0.39 is 41.2 Å². The van der Waals surface area contributed by atoms with Crippen molar-refractivity contribution in [2.75, 3.05) is 0 Å². The highest BCUT2D eigenvalue weighted by molar-refractivity contribution is 6.21. The molecule has 0 fully saturated rings. The molecular formula is C14H13F3O4. The minimum Gasteiger partial charge on any atom is -0.504 e. The van der Waals surface area contributed by atoms with Crippen molar-refractivity contribution in [1.82, 2.24) is 0 Å². The molecule has 0 aliphatic heterocycles. The van der Waals surface area contributed by atoms with Crippen molar-refractivity contribution in [2.45, 2.75) is 26.4 Å². The van der Waals surface area contributed by atoms with Crippen LogP contribution in [0.2, 0.25) is 0 Å². The van der Waals surface area contributed by atoms with Crippen molar-refractivity contribution in [3.8, 4) is 11.5 Å². The molecular weight excluding hydrogens is 289 g/mol. The van der Waals surface area contributed by atoms with Crippen LogP contribution in [0.1, 0.15) is 25.0 Å². The van der Waals surface area contributed by atoms with Crippen LogP contribution in [0, 0.1) is 0 Å². The maximum atomic E-state index is 12.4. The summed E-state index contributed by atoms with van der Waals surface area (Å²) < 4.78 is 37.2. The second-order valence-electron chi connectivity index (χ2n) is 4.51. The fourth-order valence-electron chi connectivity index (χ4n) is 1.75. The molecule has 0 heterocycles. The van der Waals surface area contributed by atoms with Gasteiger partial charge in [0, 0.05) is 5.56 Å². The lowest BCUT2D eigenvalue weighted by molar-refractivity contribution is -0.127. The second kappa shape index (κ2) is 5.99. The number of carbonyl (C=O) groups is 2. The van der Waals surface area contributed by atoms with Gasteiger partial charge in [-0.3, -0.25) is 9.59 Å². The fourth-order valence-corrected chi connectivity index (χ4v) is 1.75. The first-order valence-electron chi connectivity index (χ1n) is 5.86. The zero-order valence-electron chi connectivity index (χ0n) is 11.3. The molecule has 7 heteroatoms. The van der Waals surface area contributed by atoms with Gasteiger partial charge in [-0.2, -0.15) is 13.2 Å². The number of rotatable bonds is 4. The lowest BCUT2D eigenvalue weighted by Crippen LogP contribution is -2.12. The summed E-state index contributed by atoms with van der Waals surface area (Å²) in [6, 6.07) is 1.94. The number of halogens is 3. The smallest absolute Gasteiger partial charge is 0.393 e. The van der Waals surface area contributed by atoms with E-state index in [1.54, 1.807) is 0 Å². The van der Waals surface area contributed by atoms with E-state index in [0.717, 1.165) is 32.1 Å². The van der Waals surface area contributed by atoms with Gasteiger partial charge in [-0.25, -0.2) is 0 Å². The van der Waals surface area contributed by atoms with Crippen molar-refractivity contribution in [3.63, 3.8) is 0 Å². The van der Waals surface area contributed by atoms with E-state index in [1.165, 1.54) is 0 Å². The molecule has 4 nitrogen and oxygen atoms in total. The summed E-state index contributed by atoms with van der Waals surface area (Å²) in [4.78, 5) is 22.5. The summed E-state index contributed by atoms with van der Waals surface area (Å²) in [6.45, 7) is 2.29. The number of Topliss-reactive ketones (excluding diaryl/α,β-unsaturated/α-hetero) is 2. The van der Waals surface area contributed by atoms with Crippen LogP contribution in [0.3, 0.4) is 0 Å². The Kier molecular flexibility index (Phi) is 4.77. The summed E-state index contributed by atoms with van der Waals surface area (Å²) >= 11 is 0. The van der Waals surface area contributed by atoms with Gasteiger partial charge in [0.1, 0.15) is 0 Å². The molecule has 0 saturated carbocycles. The molecule has 114 valence electrons.